The fourth-order valence-corrected chi connectivity index (χ4v) is 6.30. The van der Waals surface area contributed by atoms with Crippen LogP contribution in [-0.2, 0) is 11.3 Å². The Kier molecular flexibility index (Phi) is 8.13. The summed E-state index contributed by atoms with van der Waals surface area (Å²) in [5.74, 6) is -1.39. The normalized spacial score (nSPS) is 14.8. The maximum atomic E-state index is 16.1. The lowest BCUT2D eigenvalue weighted by Gasteiger charge is -2.29. The minimum atomic E-state index is -2.89. The van der Waals surface area contributed by atoms with Crippen LogP contribution in [0, 0.1) is 5.82 Å². The van der Waals surface area contributed by atoms with Gasteiger partial charge in [0.05, 0.1) is 34.4 Å². The minimum Gasteiger partial charge on any atom is -0.443 e. The number of hydrogen-bond donors (Lipinski definition) is 0. The summed E-state index contributed by atoms with van der Waals surface area (Å²) >= 11 is 0. The Morgan fingerprint density at radius 2 is 1.76 bits per heavy atom. The van der Waals surface area contributed by atoms with Crippen LogP contribution in [0.2, 0.25) is 0 Å². The summed E-state index contributed by atoms with van der Waals surface area (Å²) in [4.78, 5) is 33.5. The van der Waals surface area contributed by atoms with Crippen LogP contribution in [0.5, 0.6) is 0 Å². The molecule has 0 bridgehead atoms. The zero-order valence-corrected chi connectivity index (χ0v) is 27.4. The van der Waals surface area contributed by atoms with Crippen LogP contribution in [0.1, 0.15) is 57.7 Å². The number of ether oxygens (including phenoxy) is 1. The molecule has 5 heterocycles. The first-order valence-electron chi connectivity index (χ1n) is 15.9. The number of nitrogens with zero attached hydrogens (tertiary/aromatic N) is 7. The Morgan fingerprint density at radius 3 is 2.43 bits per heavy atom. The van der Waals surface area contributed by atoms with Gasteiger partial charge in [-0.15, -0.1) is 10.2 Å². The number of rotatable bonds is 6. The Bertz CT molecular complexity index is 2240. The van der Waals surface area contributed by atoms with Crippen LogP contribution < -0.4 is 5.69 Å². The summed E-state index contributed by atoms with van der Waals surface area (Å²) in [7, 11) is 2.04. The third-order valence-corrected chi connectivity index (χ3v) is 8.72. The molecule has 49 heavy (non-hydrogen) atoms. The average molecular weight is 674 g/mol. The van der Waals surface area contributed by atoms with E-state index in [2.05, 4.69) is 20.1 Å². The number of likely N-dealkylation sites (tertiary alicyclic amines) is 1. The van der Waals surface area contributed by atoms with Crippen molar-refractivity contribution in [1.29, 1.82) is 0 Å². The van der Waals surface area contributed by atoms with Gasteiger partial charge < -0.3 is 14.1 Å². The second-order valence-corrected chi connectivity index (χ2v) is 13.3. The molecule has 1 aliphatic rings. The van der Waals surface area contributed by atoms with E-state index in [-0.39, 0.29) is 24.2 Å². The molecule has 1 saturated heterocycles. The predicted molar refractivity (Wildman–Crippen MR) is 176 cm³/mol. The summed E-state index contributed by atoms with van der Waals surface area (Å²) in [6.45, 7) is 7.07. The molecule has 0 amide bonds. The third kappa shape index (κ3) is 6.23. The highest BCUT2D eigenvalue weighted by Gasteiger charge is 2.26. The van der Waals surface area contributed by atoms with Crippen LogP contribution in [0.4, 0.5) is 18.0 Å². The molecule has 0 spiro atoms. The van der Waals surface area contributed by atoms with E-state index < -0.39 is 29.8 Å². The Hall–Kier alpha value is -5.24. The number of carbonyl (C=O) groups excluding carboxylic acids is 1. The Labute approximate surface area is 278 Å². The summed E-state index contributed by atoms with van der Waals surface area (Å²) in [5.41, 5.74) is 2.46. The minimum absolute atomic E-state index is 0.0459. The largest absolute Gasteiger partial charge is 0.443 e. The van der Waals surface area contributed by atoms with E-state index in [1.165, 1.54) is 21.4 Å². The van der Waals surface area contributed by atoms with E-state index >= 15 is 4.39 Å². The molecule has 0 unspecified atom stereocenters. The fraction of sp³-hybridized carbons (Fsp3) is 0.343. The van der Waals surface area contributed by atoms with Crippen molar-refractivity contribution >= 4 is 28.0 Å². The second kappa shape index (κ2) is 12.3. The summed E-state index contributed by atoms with van der Waals surface area (Å²) < 4.78 is 57.2. The molecule has 4 aromatic heterocycles. The smallest absolute Gasteiger partial charge is 0.418 e. The first-order valence-corrected chi connectivity index (χ1v) is 15.9. The zero-order valence-electron chi connectivity index (χ0n) is 27.4. The van der Waals surface area contributed by atoms with E-state index in [1.807, 2.05) is 13.1 Å². The van der Waals surface area contributed by atoms with Gasteiger partial charge in [0.1, 0.15) is 11.4 Å². The number of piperidine rings is 1. The Balaban J connectivity index is 1.27. The van der Waals surface area contributed by atoms with Crippen molar-refractivity contribution in [2.75, 3.05) is 20.1 Å². The number of pyridine rings is 1. The third-order valence-electron chi connectivity index (χ3n) is 8.72. The Morgan fingerprint density at radius 1 is 1.00 bits per heavy atom. The molecule has 0 radical (unpaired) electrons. The monoisotopic (exact) mass is 673 g/mol. The molecule has 0 N–H and O–H groups in total. The first-order chi connectivity index (χ1) is 23.4. The summed E-state index contributed by atoms with van der Waals surface area (Å²) in [5, 5.41) is 7.74. The molecule has 0 aliphatic carbocycles. The molecule has 254 valence electrons. The summed E-state index contributed by atoms with van der Waals surface area (Å²) in [6, 6.07) is 13.3. The number of fused-ring (bicyclic) bond motifs is 2. The number of carbonyl (C=O) groups is 1. The number of imidazole rings is 1. The van der Waals surface area contributed by atoms with Crippen LogP contribution in [-0.4, -0.2) is 65.6 Å². The van der Waals surface area contributed by atoms with E-state index in [1.54, 1.807) is 67.9 Å². The molecule has 2 aromatic carbocycles. The van der Waals surface area contributed by atoms with Gasteiger partial charge in [-0.05, 0) is 95.7 Å². The van der Waals surface area contributed by atoms with Crippen molar-refractivity contribution in [2.45, 2.75) is 58.2 Å². The van der Waals surface area contributed by atoms with Crippen molar-refractivity contribution in [3.8, 4) is 22.6 Å². The van der Waals surface area contributed by atoms with E-state index in [0.717, 1.165) is 31.3 Å². The van der Waals surface area contributed by atoms with Gasteiger partial charge in [-0.25, -0.2) is 14.0 Å². The molecule has 1 aliphatic heterocycles. The van der Waals surface area contributed by atoms with Gasteiger partial charge in [0, 0.05) is 35.5 Å². The van der Waals surface area contributed by atoms with Gasteiger partial charge in [0.15, 0.2) is 0 Å². The number of alkyl halides is 2. The van der Waals surface area contributed by atoms with E-state index in [0.29, 0.717) is 38.9 Å². The van der Waals surface area contributed by atoms with E-state index in [9.17, 15) is 18.4 Å². The molecule has 14 heteroatoms. The molecular formula is C35H34F3N7O4. The van der Waals surface area contributed by atoms with Gasteiger partial charge in [-0.3, -0.25) is 18.7 Å². The lowest BCUT2D eigenvalue weighted by molar-refractivity contribution is 0.0544. The number of halogens is 3. The predicted octanol–water partition coefficient (Wildman–Crippen LogP) is 7.04. The molecule has 1 fully saturated rings. The number of benzene rings is 2. The maximum Gasteiger partial charge on any atom is 0.418 e. The van der Waals surface area contributed by atoms with Gasteiger partial charge in [0.25, 0.3) is 5.89 Å². The van der Waals surface area contributed by atoms with Crippen LogP contribution in [0.15, 0.2) is 70.1 Å². The first kappa shape index (κ1) is 32.3. The van der Waals surface area contributed by atoms with Crippen molar-refractivity contribution in [1.82, 2.24) is 33.8 Å². The van der Waals surface area contributed by atoms with Gasteiger partial charge in [-0.2, -0.15) is 8.78 Å². The highest BCUT2D eigenvalue weighted by Crippen LogP contribution is 2.33. The van der Waals surface area contributed by atoms with E-state index in [4.69, 9.17) is 9.15 Å². The standard InChI is InChI=1S/C35H34F3N7O4/c1-35(2,3)49-34(47)43-14-9-21-15-20(6-8-27(21)43)25-16-29-28(17-26(25)36)44(33(46)45(29)24-10-12-42(4)13-11-24)19-23-7-5-22(18-39-23)31-40-41-32(48-31)30(37)38/h5-9,14-18,24,30H,10-13,19H2,1-4H3. The quantitative estimate of drug-likeness (QED) is 0.185. The van der Waals surface area contributed by atoms with Gasteiger partial charge >= 0.3 is 18.2 Å². The molecule has 11 nitrogen and oxygen atoms in total. The lowest BCUT2D eigenvalue weighted by Crippen LogP contribution is -2.36. The average Bonchev–Trinajstić information content (AvgIpc) is 3.78. The zero-order chi connectivity index (χ0) is 34.6. The topological polar surface area (TPSA) is 113 Å². The fourth-order valence-electron chi connectivity index (χ4n) is 6.30. The number of hydrogen-bond acceptors (Lipinski definition) is 8. The molecule has 0 atom stereocenters. The SMILES string of the molecule is CN1CCC(n2c(=O)n(Cc3ccc(-c4nnc(C(F)F)o4)cn3)c3cc(F)c(-c4ccc5c(ccn5C(=O)OC(C)(C)C)c4)cc32)CC1. The molecule has 0 saturated carbocycles. The molecule has 7 rings (SSSR count). The lowest BCUT2D eigenvalue weighted by atomic mass is 10.0. The van der Waals surface area contributed by atoms with Crippen LogP contribution >= 0.6 is 0 Å². The summed E-state index contributed by atoms with van der Waals surface area (Å²) in [6.07, 6.45) is 1.14. The van der Waals surface area contributed by atoms with Gasteiger partial charge in [0.2, 0.25) is 5.89 Å². The van der Waals surface area contributed by atoms with Gasteiger partial charge in [-0.1, -0.05) is 6.07 Å². The van der Waals surface area contributed by atoms with Crippen LogP contribution in [0.25, 0.3) is 44.5 Å². The molecular weight excluding hydrogens is 639 g/mol. The highest BCUT2D eigenvalue weighted by atomic mass is 19.3. The maximum absolute atomic E-state index is 16.1. The second-order valence-electron chi connectivity index (χ2n) is 13.3. The van der Waals surface area contributed by atoms with Crippen molar-refractivity contribution in [3.05, 3.63) is 88.8 Å². The highest BCUT2D eigenvalue weighted by molar-refractivity contribution is 5.93. The van der Waals surface area contributed by atoms with Crippen molar-refractivity contribution in [2.24, 2.45) is 0 Å². The molecule has 6 aromatic rings. The van der Waals surface area contributed by atoms with Crippen molar-refractivity contribution in [3.63, 3.8) is 0 Å². The number of aromatic nitrogens is 6. The van der Waals surface area contributed by atoms with Crippen LogP contribution in [0.3, 0.4) is 0 Å². The van der Waals surface area contributed by atoms with Crippen molar-refractivity contribution < 1.29 is 27.1 Å².